The molecule has 1 fully saturated rings. The zero-order valence-electron chi connectivity index (χ0n) is 14.4. The Kier molecular flexibility index (Phi) is 5.70. The van der Waals surface area contributed by atoms with Gasteiger partial charge >= 0.3 is 0 Å². The molecule has 0 radical (unpaired) electrons. The number of rotatable bonds is 9. The van der Waals surface area contributed by atoms with E-state index in [1.165, 1.54) is 18.4 Å². The SMILES string of the molecule is Cc1ccc(CN(CCc2ccccc2)C(=O)C[NH2+]CC2CC2)o1. The molecule has 3 rings (SSSR count). The van der Waals surface area contributed by atoms with Crippen molar-refractivity contribution >= 4 is 5.91 Å². The molecular formula is C20H27N2O2+. The van der Waals surface area contributed by atoms with Gasteiger partial charge in [0.05, 0.1) is 13.1 Å². The predicted molar refractivity (Wildman–Crippen MR) is 93.4 cm³/mol. The van der Waals surface area contributed by atoms with E-state index in [1.807, 2.05) is 42.2 Å². The van der Waals surface area contributed by atoms with Gasteiger partial charge in [0, 0.05) is 12.5 Å². The molecule has 0 unspecified atom stereocenters. The maximum Gasteiger partial charge on any atom is 0.278 e. The van der Waals surface area contributed by atoms with E-state index in [2.05, 4.69) is 17.4 Å². The van der Waals surface area contributed by atoms with Gasteiger partial charge in [0.2, 0.25) is 0 Å². The van der Waals surface area contributed by atoms with Crippen molar-refractivity contribution in [1.82, 2.24) is 4.90 Å². The second kappa shape index (κ2) is 8.15. The van der Waals surface area contributed by atoms with Crippen LogP contribution in [0.25, 0.3) is 0 Å². The Labute approximate surface area is 143 Å². The van der Waals surface area contributed by atoms with Gasteiger partial charge in [-0.05, 0) is 43.9 Å². The summed E-state index contributed by atoms with van der Waals surface area (Å²) in [5.41, 5.74) is 1.26. The first kappa shape index (κ1) is 16.8. The van der Waals surface area contributed by atoms with E-state index in [-0.39, 0.29) is 5.91 Å². The number of hydrogen-bond donors (Lipinski definition) is 1. The Morgan fingerprint density at radius 2 is 2.00 bits per heavy atom. The number of aryl methyl sites for hydroxylation is 1. The van der Waals surface area contributed by atoms with E-state index in [4.69, 9.17) is 4.42 Å². The van der Waals surface area contributed by atoms with E-state index in [0.29, 0.717) is 13.1 Å². The number of quaternary nitrogens is 1. The monoisotopic (exact) mass is 327 g/mol. The van der Waals surface area contributed by atoms with Crippen LogP contribution in [0.1, 0.15) is 29.9 Å². The lowest BCUT2D eigenvalue weighted by Gasteiger charge is -2.21. The minimum absolute atomic E-state index is 0.195. The van der Waals surface area contributed by atoms with Crippen molar-refractivity contribution in [3.63, 3.8) is 0 Å². The zero-order valence-corrected chi connectivity index (χ0v) is 14.4. The van der Waals surface area contributed by atoms with Crippen molar-refractivity contribution < 1.29 is 14.5 Å². The van der Waals surface area contributed by atoms with Crippen molar-refractivity contribution in [2.75, 3.05) is 19.6 Å². The largest absolute Gasteiger partial charge is 0.464 e. The third kappa shape index (κ3) is 5.24. The molecule has 128 valence electrons. The number of benzene rings is 1. The van der Waals surface area contributed by atoms with Crippen LogP contribution in [0, 0.1) is 12.8 Å². The average molecular weight is 327 g/mol. The molecule has 1 aliphatic carbocycles. The van der Waals surface area contributed by atoms with Crippen LogP contribution in [-0.4, -0.2) is 30.4 Å². The summed E-state index contributed by atoms with van der Waals surface area (Å²) >= 11 is 0. The zero-order chi connectivity index (χ0) is 16.8. The average Bonchev–Trinajstić information content (AvgIpc) is 3.32. The molecule has 0 bridgehead atoms. The summed E-state index contributed by atoms with van der Waals surface area (Å²) in [5.74, 6) is 2.78. The van der Waals surface area contributed by atoms with Gasteiger partial charge in [0.15, 0.2) is 6.54 Å². The van der Waals surface area contributed by atoms with Crippen LogP contribution >= 0.6 is 0 Å². The second-order valence-corrected chi connectivity index (χ2v) is 6.74. The third-order valence-electron chi connectivity index (χ3n) is 4.52. The number of carbonyl (C=O) groups is 1. The number of nitrogens with zero attached hydrogens (tertiary/aromatic N) is 1. The Bertz CT molecular complexity index is 647. The number of furan rings is 1. The molecule has 0 aliphatic heterocycles. The molecule has 1 aromatic carbocycles. The van der Waals surface area contributed by atoms with Crippen LogP contribution < -0.4 is 5.32 Å². The molecule has 4 nitrogen and oxygen atoms in total. The highest BCUT2D eigenvalue weighted by atomic mass is 16.3. The summed E-state index contributed by atoms with van der Waals surface area (Å²) in [6.07, 6.45) is 3.52. The summed E-state index contributed by atoms with van der Waals surface area (Å²) in [6, 6.07) is 14.2. The van der Waals surface area contributed by atoms with Crippen LogP contribution in [0.3, 0.4) is 0 Å². The Balaban J connectivity index is 1.56. The first-order valence-corrected chi connectivity index (χ1v) is 8.89. The highest BCUT2D eigenvalue weighted by Gasteiger charge is 2.24. The van der Waals surface area contributed by atoms with Crippen molar-refractivity contribution in [3.05, 3.63) is 59.5 Å². The summed E-state index contributed by atoms with van der Waals surface area (Å²) in [7, 11) is 0. The van der Waals surface area contributed by atoms with E-state index < -0.39 is 0 Å². The van der Waals surface area contributed by atoms with E-state index >= 15 is 0 Å². The van der Waals surface area contributed by atoms with Crippen molar-refractivity contribution in [2.24, 2.45) is 5.92 Å². The Morgan fingerprint density at radius 3 is 2.67 bits per heavy atom. The first-order chi connectivity index (χ1) is 11.7. The molecule has 1 amide bonds. The van der Waals surface area contributed by atoms with Crippen LogP contribution in [0.4, 0.5) is 0 Å². The van der Waals surface area contributed by atoms with Crippen LogP contribution in [0.5, 0.6) is 0 Å². The van der Waals surface area contributed by atoms with Gasteiger partial charge in [0.1, 0.15) is 11.5 Å². The first-order valence-electron chi connectivity index (χ1n) is 8.89. The normalized spacial score (nSPS) is 13.9. The van der Waals surface area contributed by atoms with Gasteiger partial charge in [-0.25, -0.2) is 0 Å². The number of carbonyl (C=O) groups excluding carboxylic acids is 1. The molecule has 1 saturated carbocycles. The Morgan fingerprint density at radius 1 is 1.21 bits per heavy atom. The number of nitrogens with two attached hydrogens (primary N) is 1. The Hall–Kier alpha value is -2.07. The van der Waals surface area contributed by atoms with E-state index in [1.54, 1.807) is 0 Å². The molecule has 1 aliphatic rings. The molecule has 1 aromatic heterocycles. The van der Waals surface area contributed by atoms with Gasteiger partial charge in [-0.15, -0.1) is 0 Å². The smallest absolute Gasteiger partial charge is 0.278 e. The number of amides is 1. The summed E-state index contributed by atoms with van der Waals surface area (Å²) in [6.45, 7) is 4.82. The van der Waals surface area contributed by atoms with Crippen molar-refractivity contribution in [3.8, 4) is 0 Å². The lowest BCUT2D eigenvalue weighted by molar-refractivity contribution is -0.647. The minimum atomic E-state index is 0.195. The molecule has 1 heterocycles. The lowest BCUT2D eigenvalue weighted by atomic mass is 10.1. The molecule has 4 heteroatoms. The van der Waals surface area contributed by atoms with Gasteiger partial charge in [0.25, 0.3) is 5.91 Å². The standard InChI is InChI=1S/C20H26N2O2/c1-16-7-10-19(24-16)15-22(12-11-17-5-3-2-4-6-17)20(23)14-21-13-18-8-9-18/h2-7,10,18,21H,8-9,11-15H2,1H3/p+1. The van der Waals surface area contributed by atoms with E-state index in [0.717, 1.165) is 36.9 Å². The molecule has 24 heavy (non-hydrogen) atoms. The molecule has 0 atom stereocenters. The maximum absolute atomic E-state index is 12.6. The van der Waals surface area contributed by atoms with Crippen molar-refractivity contribution in [1.29, 1.82) is 0 Å². The summed E-state index contributed by atoms with van der Waals surface area (Å²) < 4.78 is 5.66. The second-order valence-electron chi connectivity index (χ2n) is 6.74. The fourth-order valence-corrected chi connectivity index (χ4v) is 2.88. The predicted octanol–water partition coefficient (Wildman–Crippen LogP) is 2.13. The van der Waals surface area contributed by atoms with Gasteiger partial charge in [-0.3, -0.25) is 4.79 Å². The minimum Gasteiger partial charge on any atom is -0.464 e. The third-order valence-corrected chi connectivity index (χ3v) is 4.52. The lowest BCUT2D eigenvalue weighted by Crippen LogP contribution is -2.87. The van der Waals surface area contributed by atoms with E-state index in [9.17, 15) is 4.79 Å². The maximum atomic E-state index is 12.6. The van der Waals surface area contributed by atoms with Crippen molar-refractivity contribution in [2.45, 2.75) is 32.7 Å². The highest BCUT2D eigenvalue weighted by Crippen LogP contribution is 2.26. The fourth-order valence-electron chi connectivity index (χ4n) is 2.88. The van der Waals surface area contributed by atoms with Crippen LogP contribution in [0.2, 0.25) is 0 Å². The quantitative estimate of drug-likeness (QED) is 0.767. The number of hydrogen-bond acceptors (Lipinski definition) is 2. The van der Waals surface area contributed by atoms with Gasteiger partial charge < -0.3 is 14.6 Å². The highest BCUT2D eigenvalue weighted by molar-refractivity contribution is 5.76. The summed E-state index contributed by atoms with van der Waals surface area (Å²) in [5, 5.41) is 2.16. The fraction of sp³-hybridized carbons (Fsp3) is 0.450. The van der Waals surface area contributed by atoms with Gasteiger partial charge in [-0.2, -0.15) is 0 Å². The molecule has 0 saturated heterocycles. The van der Waals surface area contributed by atoms with Crippen LogP contribution in [-0.2, 0) is 17.8 Å². The molecule has 0 spiro atoms. The molecule has 2 aromatic rings. The van der Waals surface area contributed by atoms with Gasteiger partial charge in [-0.1, -0.05) is 30.3 Å². The topological polar surface area (TPSA) is 50.1 Å². The molecular weight excluding hydrogens is 300 g/mol. The summed E-state index contributed by atoms with van der Waals surface area (Å²) in [4.78, 5) is 14.6. The molecule has 2 N–H and O–H groups in total. The van der Waals surface area contributed by atoms with Crippen LogP contribution in [0.15, 0.2) is 46.9 Å².